The maximum atomic E-state index is 12.2. The predicted octanol–water partition coefficient (Wildman–Crippen LogP) is 0.409. The van der Waals surface area contributed by atoms with Crippen molar-refractivity contribution in [1.29, 1.82) is 0 Å². The summed E-state index contributed by atoms with van der Waals surface area (Å²) in [5.74, 6) is 1.03. The van der Waals surface area contributed by atoms with Gasteiger partial charge in [-0.15, -0.1) is 0 Å². The van der Waals surface area contributed by atoms with Gasteiger partial charge in [-0.25, -0.2) is 0 Å². The van der Waals surface area contributed by atoms with Crippen molar-refractivity contribution in [3.63, 3.8) is 0 Å². The molecule has 108 valence electrons. The molecule has 0 N–H and O–H groups in total. The second kappa shape index (κ2) is 6.37. The van der Waals surface area contributed by atoms with Gasteiger partial charge in [0.2, 0.25) is 11.8 Å². The van der Waals surface area contributed by atoms with Gasteiger partial charge < -0.3 is 9.80 Å². The number of piperidine rings is 1. The van der Waals surface area contributed by atoms with E-state index in [0.29, 0.717) is 38.6 Å². The van der Waals surface area contributed by atoms with Crippen LogP contribution in [0.1, 0.15) is 26.7 Å². The molecule has 2 aliphatic heterocycles. The molecular formula is C14H25N3O2. The van der Waals surface area contributed by atoms with Crippen LogP contribution in [0.2, 0.25) is 0 Å². The SMILES string of the molecule is CC(=O)N1CCN(C(=O)CN2CCCC(C)C2)CC1. The monoisotopic (exact) mass is 267 g/mol. The van der Waals surface area contributed by atoms with E-state index in [9.17, 15) is 9.59 Å². The van der Waals surface area contributed by atoms with E-state index < -0.39 is 0 Å². The normalized spacial score (nSPS) is 25.5. The Kier molecular flexibility index (Phi) is 4.80. The Morgan fingerprint density at radius 2 is 1.68 bits per heavy atom. The summed E-state index contributed by atoms with van der Waals surface area (Å²) < 4.78 is 0. The van der Waals surface area contributed by atoms with E-state index in [2.05, 4.69) is 11.8 Å². The van der Waals surface area contributed by atoms with Crippen molar-refractivity contribution in [2.45, 2.75) is 26.7 Å². The van der Waals surface area contributed by atoms with Gasteiger partial charge >= 0.3 is 0 Å². The first-order valence-electron chi connectivity index (χ1n) is 7.32. The molecule has 2 saturated heterocycles. The van der Waals surface area contributed by atoms with Gasteiger partial charge in [-0.3, -0.25) is 14.5 Å². The molecule has 5 heteroatoms. The van der Waals surface area contributed by atoms with Gasteiger partial charge in [-0.1, -0.05) is 6.92 Å². The molecule has 2 rings (SSSR count). The van der Waals surface area contributed by atoms with Gasteiger partial charge in [0.25, 0.3) is 0 Å². The molecule has 2 fully saturated rings. The number of amides is 2. The number of carbonyl (C=O) groups excluding carboxylic acids is 2. The highest BCUT2D eigenvalue weighted by atomic mass is 16.2. The van der Waals surface area contributed by atoms with Gasteiger partial charge in [0, 0.05) is 39.6 Å². The molecule has 1 atom stereocenters. The molecular weight excluding hydrogens is 242 g/mol. The molecule has 2 aliphatic rings. The molecule has 0 spiro atoms. The molecule has 5 nitrogen and oxygen atoms in total. The second-order valence-corrected chi connectivity index (χ2v) is 5.87. The molecule has 0 aromatic carbocycles. The van der Waals surface area contributed by atoms with Gasteiger partial charge in [-0.2, -0.15) is 0 Å². The van der Waals surface area contributed by atoms with Crippen LogP contribution in [0, 0.1) is 5.92 Å². The van der Waals surface area contributed by atoms with Crippen LogP contribution in [0.3, 0.4) is 0 Å². The van der Waals surface area contributed by atoms with E-state index in [1.165, 1.54) is 12.8 Å². The van der Waals surface area contributed by atoms with Gasteiger partial charge in [0.15, 0.2) is 0 Å². The highest BCUT2D eigenvalue weighted by molar-refractivity contribution is 5.79. The minimum atomic E-state index is 0.108. The molecule has 0 aliphatic carbocycles. The molecule has 2 heterocycles. The van der Waals surface area contributed by atoms with Crippen molar-refractivity contribution in [2.75, 3.05) is 45.8 Å². The third-order valence-corrected chi connectivity index (χ3v) is 4.18. The fourth-order valence-electron chi connectivity index (χ4n) is 2.99. The standard InChI is InChI=1S/C14H25N3O2/c1-12-4-3-5-15(10-12)11-14(19)17-8-6-16(7-9-17)13(2)18/h12H,3-11H2,1-2H3. The summed E-state index contributed by atoms with van der Waals surface area (Å²) in [6.07, 6.45) is 2.48. The number of hydrogen-bond donors (Lipinski definition) is 0. The quantitative estimate of drug-likeness (QED) is 0.728. The number of carbonyl (C=O) groups is 2. The Bertz CT molecular complexity index is 338. The lowest BCUT2D eigenvalue weighted by Crippen LogP contribution is -2.52. The lowest BCUT2D eigenvalue weighted by molar-refractivity contribution is -0.139. The van der Waals surface area contributed by atoms with E-state index in [4.69, 9.17) is 0 Å². The van der Waals surface area contributed by atoms with Crippen molar-refractivity contribution in [3.8, 4) is 0 Å². The Morgan fingerprint density at radius 1 is 1.05 bits per heavy atom. The predicted molar refractivity (Wildman–Crippen MR) is 73.7 cm³/mol. The maximum absolute atomic E-state index is 12.2. The zero-order chi connectivity index (χ0) is 13.8. The summed E-state index contributed by atoms with van der Waals surface area (Å²) in [5, 5.41) is 0. The summed E-state index contributed by atoms with van der Waals surface area (Å²) in [5.41, 5.74) is 0. The molecule has 0 bridgehead atoms. The topological polar surface area (TPSA) is 43.9 Å². The van der Waals surface area contributed by atoms with Crippen molar-refractivity contribution in [2.24, 2.45) is 5.92 Å². The van der Waals surface area contributed by atoms with Crippen LogP contribution < -0.4 is 0 Å². The van der Waals surface area contributed by atoms with E-state index in [-0.39, 0.29) is 11.8 Å². The zero-order valence-electron chi connectivity index (χ0n) is 12.1. The number of hydrogen-bond acceptors (Lipinski definition) is 3. The molecule has 0 saturated carbocycles. The second-order valence-electron chi connectivity index (χ2n) is 5.87. The Balaban J connectivity index is 1.76. The number of rotatable bonds is 2. The largest absolute Gasteiger partial charge is 0.339 e. The number of likely N-dealkylation sites (tertiary alicyclic amines) is 1. The summed E-state index contributed by atoms with van der Waals surface area (Å²) in [7, 11) is 0. The average Bonchev–Trinajstić information content (AvgIpc) is 2.39. The van der Waals surface area contributed by atoms with Crippen LogP contribution in [-0.4, -0.2) is 72.3 Å². The van der Waals surface area contributed by atoms with Crippen LogP contribution >= 0.6 is 0 Å². The molecule has 0 aromatic rings. The van der Waals surface area contributed by atoms with Crippen LogP contribution in [0.15, 0.2) is 0 Å². The minimum Gasteiger partial charge on any atom is -0.339 e. The highest BCUT2D eigenvalue weighted by Crippen LogP contribution is 2.15. The molecule has 2 amide bonds. The average molecular weight is 267 g/mol. The third kappa shape index (κ3) is 3.93. The van der Waals surface area contributed by atoms with Crippen molar-refractivity contribution < 1.29 is 9.59 Å². The van der Waals surface area contributed by atoms with E-state index in [1.807, 2.05) is 9.80 Å². The first-order valence-corrected chi connectivity index (χ1v) is 7.32. The summed E-state index contributed by atoms with van der Waals surface area (Å²) >= 11 is 0. The van der Waals surface area contributed by atoms with E-state index >= 15 is 0 Å². The van der Waals surface area contributed by atoms with Gasteiger partial charge in [-0.05, 0) is 25.3 Å². The molecule has 0 aromatic heterocycles. The number of piperazine rings is 1. The first-order chi connectivity index (χ1) is 9.06. The van der Waals surface area contributed by atoms with Gasteiger partial charge in [0.05, 0.1) is 6.54 Å². The highest BCUT2D eigenvalue weighted by Gasteiger charge is 2.25. The third-order valence-electron chi connectivity index (χ3n) is 4.18. The van der Waals surface area contributed by atoms with Crippen molar-refractivity contribution >= 4 is 11.8 Å². The van der Waals surface area contributed by atoms with Crippen LogP contribution in [0.5, 0.6) is 0 Å². The summed E-state index contributed by atoms with van der Waals surface area (Å²) in [6, 6.07) is 0. The Labute approximate surface area is 115 Å². The summed E-state index contributed by atoms with van der Waals surface area (Å²) in [6.45, 7) is 9.19. The Hall–Kier alpha value is -1.10. The molecule has 0 radical (unpaired) electrons. The van der Waals surface area contributed by atoms with Crippen LogP contribution in [-0.2, 0) is 9.59 Å². The fourth-order valence-corrected chi connectivity index (χ4v) is 2.99. The maximum Gasteiger partial charge on any atom is 0.236 e. The smallest absolute Gasteiger partial charge is 0.236 e. The lowest BCUT2D eigenvalue weighted by Gasteiger charge is -2.36. The number of nitrogens with zero attached hydrogens (tertiary/aromatic N) is 3. The first kappa shape index (κ1) is 14.3. The van der Waals surface area contributed by atoms with Crippen LogP contribution in [0.25, 0.3) is 0 Å². The van der Waals surface area contributed by atoms with E-state index in [1.54, 1.807) is 6.92 Å². The minimum absolute atomic E-state index is 0.108. The molecule has 1 unspecified atom stereocenters. The fraction of sp³-hybridized carbons (Fsp3) is 0.857. The Morgan fingerprint density at radius 3 is 2.26 bits per heavy atom. The zero-order valence-corrected chi connectivity index (χ0v) is 12.1. The van der Waals surface area contributed by atoms with Crippen molar-refractivity contribution in [3.05, 3.63) is 0 Å². The molecule has 19 heavy (non-hydrogen) atoms. The van der Waals surface area contributed by atoms with Gasteiger partial charge in [0.1, 0.15) is 0 Å². The lowest BCUT2D eigenvalue weighted by atomic mass is 10.0. The summed E-state index contributed by atoms with van der Waals surface area (Å²) in [4.78, 5) is 29.5. The van der Waals surface area contributed by atoms with Crippen LogP contribution in [0.4, 0.5) is 0 Å². The van der Waals surface area contributed by atoms with Crippen molar-refractivity contribution in [1.82, 2.24) is 14.7 Å². The van der Waals surface area contributed by atoms with E-state index in [0.717, 1.165) is 13.1 Å².